The van der Waals surface area contributed by atoms with Crippen molar-refractivity contribution in [2.45, 2.75) is 17.2 Å². The van der Waals surface area contributed by atoms with Gasteiger partial charge in [-0.3, -0.25) is 0 Å². The van der Waals surface area contributed by atoms with Crippen LogP contribution < -0.4 is 5.73 Å². The zero-order chi connectivity index (χ0) is 13.0. The van der Waals surface area contributed by atoms with Crippen molar-refractivity contribution in [2.75, 3.05) is 0 Å². The van der Waals surface area contributed by atoms with E-state index in [4.69, 9.17) is 5.73 Å². The summed E-state index contributed by atoms with van der Waals surface area (Å²) in [4.78, 5) is 1.16. The van der Waals surface area contributed by atoms with E-state index in [-0.39, 0.29) is 5.82 Å². The lowest BCUT2D eigenvalue weighted by Gasteiger charge is -2.06. The summed E-state index contributed by atoms with van der Waals surface area (Å²) in [5, 5.41) is 0. The molecule has 1 nitrogen and oxygen atoms in total. The van der Waals surface area contributed by atoms with Gasteiger partial charge in [-0.05, 0) is 45.3 Å². The number of thioether (sulfide) groups is 1. The lowest BCUT2D eigenvalue weighted by atomic mass is 10.2. The minimum absolute atomic E-state index is 0.216. The highest BCUT2D eigenvalue weighted by Crippen LogP contribution is 2.28. The summed E-state index contributed by atoms with van der Waals surface area (Å²) in [5.41, 5.74) is 7.62. The van der Waals surface area contributed by atoms with Crippen LogP contribution in [-0.2, 0) is 12.3 Å². The largest absolute Gasteiger partial charge is 0.326 e. The first-order chi connectivity index (χ1) is 8.70. The topological polar surface area (TPSA) is 26.0 Å². The summed E-state index contributed by atoms with van der Waals surface area (Å²) in [6, 6.07) is 13.2. The van der Waals surface area contributed by atoms with Crippen LogP contribution in [0.5, 0.6) is 0 Å². The van der Waals surface area contributed by atoms with Crippen LogP contribution in [0.3, 0.4) is 0 Å². The second-order valence-electron chi connectivity index (χ2n) is 3.85. The van der Waals surface area contributed by atoms with Crippen LogP contribution in [0.15, 0.2) is 51.8 Å². The highest BCUT2D eigenvalue weighted by Gasteiger charge is 2.05. The van der Waals surface area contributed by atoms with E-state index in [9.17, 15) is 4.39 Å². The van der Waals surface area contributed by atoms with Gasteiger partial charge in [0.1, 0.15) is 5.82 Å². The Kier molecular flexibility index (Phi) is 4.80. The monoisotopic (exact) mass is 325 g/mol. The van der Waals surface area contributed by atoms with Crippen molar-refractivity contribution in [1.29, 1.82) is 0 Å². The van der Waals surface area contributed by atoms with E-state index < -0.39 is 0 Å². The highest BCUT2D eigenvalue weighted by molar-refractivity contribution is 9.10. The summed E-state index contributed by atoms with van der Waals surface area (Å²) in [7, 11) is 0. The molecule has 0 aliphatic rings. The molecule has 2 aromatic carbocycles. The molecule has 94 valence electrons. The first-order valence-electron chi connectivity index (χ1n) is 5.55. The van der Waals surface area contributed by atoms with Gasteiger partial charge in [-0.15, -0.1) is 11.8 Å². The minimum atomic E-state index is -0.216. The Balaban J connectivity index is 2.04. The van der Waals surface area contributed by atoms with E-state index in [1.54, 1.807) is 17.8 Å². The Labute approximate surface area is 119 Å². The number of halogens is 2. The second-order valence-corrected chi connectivity index (χ2v) is 5.69. The molecule has 0 saturated heterocycles. The maximum absolute atomic E-state index is 13.3. The molecule has 0 saturated carbocycles. The first-order valence-corrected chi connectivity index (χ1v) is 7.33. The molecule has 0 heterocycles. The molecular weight excluding hydrogens is 313 g/mol. The van der Waals surface area contributed by atoms with Gasteiger partial charge in [0.05, 0.1) is 4.47 Å². The zero-order valence-electron chi connectivity index (χ0n) is 9.70. The van der Waals surface area contributed by atoms with Crippen molar-refractivity contribution in [3.8, 4) is 0 Å². The van der Waals surface area contributed by atoms with Gasteiger partial charge >= 0.3 is 0 Å². The Bertz CT molecular complexity index is 528. The van der Waals surface area contributed by atoms with Gasteiger partial charge in [0.2, 0.25) is 0 Å². The number of hydrogen-bond acceptors (Lipinski definition) is 2. The minimum Gasteiger partial charge on any atom is -0.326 e. The molecule has 0 unspecified atom stereocenters. The molecular formula is C14H13BrFNS. The van der Waals surface area contributed by atoms with E-state index in [0.717, 1.165) is 21.8 Å². The van der Waals surface area contributed by atoms with Crippen molar-refractivity contribution < 1.29 is 4.39 Å². The van der Waals surface area contributed by atoms with Crippen LogP contribution in [0.4, 0.5) is 4.39 Å². The molecule has 2 N–H and O–H groups in total. The van der Waals surface area contributed by atoms with E-state index >= 15 is 0 Å². The smallest absolute Gasteiger partial charge is 0.137 e. The molecule has 0 fully saturated rings. The molecule has 0 atom stereocenters. The fourth-order valence-corrected chi connectivity index (χ4v) is 3.02. The fourth-order valence-electron chi connectivity index (χ4n) is 1.54. The van der Waals surface area contributed by atoms with Gasteiger partial charge in [-0.25, -0.2) is 4.39 Å². The van der Waals surface area contributed by atoms with Crippen LogP contribution in [0.1, 0.15) is 11.1 Å². The normalized spacial score (nSPS) is 10.6. The summed E-state index contributed by atoms with van der Waals surface area (Å²) in [5.74, 6) is 0.520. The van der Waals surface area contributed by atoms with Crippen LogP contribution in [-0.4, -0.2) is 0 Å². The van der Waals surface area contributed by atoms with Crippen molar-refractivity contribution in [3.05, 3.63) is 63.9 Å². The predicted molar refractivity (Wildman–Crippen MR) is 78.0 cm³/mol. The molecule has 2 aromatic rings. The Hall–Kier alpha value is -0.840. The molecule has 0 spiro atoms. The summed E-state index contributed by atoms with van der Waals surface area (Å²) < 4.78 is 13.9. The van der Waals surface area contributed by atoms with E-state index in [1.807, 2.05) is 30.3 Å². The van der Waals surface area contributed by atoms with Crippen molar-refractivity contribution >= 4 is 27.7 Å². The molecule has 0 aliphatic carbocycles. The molecule has 18 heavy (non-hydrogen) atoms. The van der Waals surface area contributed by atoms with Crippen LogP contribution in [0, 0.1) is 5.82 Å². The van der Waals surface area contributed by atoms with Crippen molar-refractivity contribution in [1.82, 2.24) is 0 Å². The predicted octanol–water partition coefficient (Wildman–Crippen LogP) is 4.34. The maximum Gasteiger partial charge on any atom is 0.137 e. The fraction of sp³-hybridized carbons (Fsp3) is 0.143. The van der Waals surface area contributed by atoms with Crippen LogP contribution in [0.2, 0.25) is 0 Å². The number of hydrogen-bond donors (Lipinski definition) is 1. The Morgan fingerprint density at radius 3 is 2.50 bits per heavy atom. The highest BCUT2D eigenvalue weighted by atomic mass is 79.9. The average Bonchev–Trinajstić information content (AvgIpc) is 2.41. The van der Waals surface area contributed by atoms with E-state index in [0.29, 0.717) is 11.0 Å². The third-order valence-electron chi connectivity index (χ3n) is 2.58. The Morgan fingerprint density at radius 1 is 1.11 bits per heavy atom. The van der Waals surface area contributed by atoms with Gasteiger partial charge in [-0.2, -0.15) is 0 Å². The van der Waals surface area contributed by atoms with Crippen LogP contribution >= 0.6 is 27.7 Å². The standard InChI is InChI=1S/C14H13BrFNS/c15-14-11(2-1-3-13(14)16)9-18-12-6-4-10(8-17)5-7-12/h1-7H,8-9,17H2. The molecule has 0 amide bonds. The van der Waals surface area contributed by atoms with Gasteiger partial charge in [0.15, 0.2) is 0 Å². The average molecular weight is 326 g/mol. The lowest BCUT2D eigenvalue weighted by molar-refractivity contribution is 0.619. The van der Waals surface area contributed by atoms with Gasteiger partial charge in [0.25, 0.3) is 0 Å². The summed E-state index contributed by atoms with van der Waals surface area (Å²) in [6.45, 7) is 0.556. The van der Waals surface area contributed by atoms with Gasteiger partial charge in [0, 0.05) is 17.2 Å². The van der Waals surface area contributed by atoms with Crippen molar-refractivity contribution in [2.24, 2.45) is 5.73 Å². The van der Waals surface area contributed by atoms with Gasteiger partial charge in [-0.1, -0.05) is 24.3 Å². The second kappa shape index (κ2) is 6.36. The molecule has 2 rings (SSSR count). The molecule has 0 aliphatic heterocycles. The lowest BCUT2D eigenvalue weighted by Crippen LogP contribution is -1.95. The SMILES string of the molecule is NCc1ccc(SCc2cccc(F)c2Br)cc1. The third-order valence-corrected chi connectivity index (χ3v) is 4.53. The molecule has 4 heteroatoms. The van der Waals surface area contributed by atoms with E-state index in [2.05, 4.69) is 15.9 Å². The molecule has 0 radical (unpaired) electrons. The molecule has 0 aromatic heterocycles. The first kappa shape index (κ1) is 13.6. The summed E-state index contributed by atoms with van der Waals surface area (Å²) in [6.07, 6.45) is 0. The quantitative estimate of drug-likeness (QED) is 0.846. The maximum atomic E-state index is 13.3. The van der Waals surface area contributed by atoms with E-state index in [1.165, 1.54) is 6.07 Å². The zero-order valence-corrected chi connectivity index (χ0v) is 12.1. The Morgan fingerprint density at radius 2 is 1.83 bits per heavy atom. The van der Waals surface area contributed by atoms with Crippen molar-refractivity contribution in [3.63, 3.8) is 0 Å². The third kappa shape index (κ3) is 3.34. The number of rotatable bonds is 4. The van der Waals surface area contributed by atoms with Crippen LogP contribution in [0.25, 0.3) is 0 Å². The summed E-state index contributed by atoms with van der Waals surface area (Å²) >= 11 is 4.95. The number of benzene rings is 2. The van der Waals surface area contributed by atoms with Gasteiger partial charge < -0.3 is 5.73 Å². The number of nitrogens with two attached hydrogens (primary N) is 1. The molecule has 0 bridgehead atoms.